The van der Waals surface area contributed by atoms with Crippen molar-refractivity contribution in [1.29, 1.82) is 0 Å². The Kier molecular flexibility index (Phi) is 2.80. The lowest BCUT2D eigenvalue weighted by atomic mass is 10.3. The Balaban J connectivity index is 2.83. The summed E-state index contributed by atoms with van der Waals surface area (Å²) in [7, 11) is 0. The van der Waals surface area contributed by atoms with E-state index in [0.717, 1.165) is 0 Å². The lowest BCUT2D eigenvalue weighted by molar-refractivity contribution is 1.20. The van der Waals surface area contributed by atoms with Gasteiger partial charge in [0, 0.05) is 21.7 Å². The number of benzene rings is 1. The van der Waals surface area contributed by atoms with Crippen LogP contribution in [-0.4, -0.2) is 12.1 Å². The molecule has 0 spiro atoms. The third kappa shape index (κ3) is 3.28. The van der Waals surface area contributed by atoms with Gasteiger partial charge in [0.1, 0.15) is 0 Å². The molecule has 0 amide bonds. The predicted octanol–water partition coefficient (Wildman–Crippen LogP) is 3.20. The standard InChI is InChI=1S/C8H8ClN5S/c1-11-8(15)12-5-2-3-6(9)7(4-5)13-14-10/h2-4H,1H3,(H2,11,12,15)/i1T3. The molecule has 0 fully saturated rings. The van der Waals surface area contributed by atoms with Crippen LogP contribution in [0.5, 0.6) is 0 Å². The summed E-state index contributed by atoms with van der Waals surface area (Å²) in [6.07, 6.45) is 0. The third-order valence-corrected chi connectivity index (χ3v) is 1.99. The Morgan fingerprint density at radius 2 is 2.53 bits per heavy atom. The third-order valence-electron chi connectivity index (χ3n) is 1.47. The summed E-state index contributed by atoms with van der Waals surface area (Å²) >= 11 is 10.6. The minimum atomic E-state index is -2.37. The number of hydrogen-bond acceptors (Lipinski definition) is 2. The van der Waals surface area contributed by atoms with Gasteiger partial charge in [0.2, 0.25) is 0 Å². The monoisotopic (exact) mass is 247 g/mol. The molecule has 78 valence electrons. The fourth-order valence-electron chi connectivity index (χ4n) is 0.878. The zero-order valence-electron chi connectivity index (χ0n) is 10.4. The van der Waals surface area contributed by atoms with E-state index in [1.165, 1.54) is 12.1 Å². The number of anilines is 1. The average Bonchev–Trinajstić information content (AvgIpc) is 2.20. The molecule has 0 atom stereocenters. The maximum Gasteiger partial charge on any atom is 0.170 e. The molecule has 1 rings (SSSR count). The first-order chi connectivity index (χ1) is 8.31. The summed E-state index contributed by atoms with van der Waals surface area (Å²) < 4.78 is 20.9. The average molecular weight is 248 g/mol. The second-order valence-corrected chi connectivity index (χ2v) is 3.25. The Morgan fingerprint density at radius 1 is 1.73 bits per heavy atom. The molecule has 7 heteroatoms. The number of halogens is 1. The van der Waals surface area contributed by atoms with Crippen molar-refractivity contribution >= 4 is 40.3 Å². The van der Waals surface area contributed by atoms with Crippen molar-refractivity contribution in [2.75, 3.05) is 12.3 Å². The highest BCUT2D eigenvalue weighted by Crippen LogP contribution is 2.28. The largest absolute Gasteiger partial charge is 0.366 e. The van der Waals surface area contributed by atoms with Crippen LogP contribution in [0.4, 0.5) is 11.4 Å². The minimum Gasteiger partial charge on any atom is -0.366 e. The zero-order chi connectivity index (χ0) is 13.8. The fourth-order valence-corrected chi connectivity index (χ4v) is 1.15. The Labute approximate surface area is 101 Å². The van der Waals surface area contributed by atoms with Crippen molar-refractivity contribution in [3.05, 3.63) is 33.7 Å². The molecular formula is C8H8ClN5S. The molecule has 1 aromatic rings. The van der Waals surface area contributed by atoms with E-state index in [2.05, 4.69) is 20.7 Å². The Hall–Kier alpha value is -1.49. The highest BCUT2D eigenvalue weighted by molar-refractivity contribution is 7.80. The van der Waals surface area contributed by atoms with Gasteiger partial charge in [-0.3, -0.25) is 0 Å². The summed E-state index contributed by atoms with van der Waals surface area (Å²) in [4.78, 5) is 2.62. The van der Waals surface area contributed by atoms with Crippen LogP contribution in [0.15, 0.2) is 23.3 Å². The molecule has 15 heavy (non-hydrogen) atoms. The predicted molar refractivity (Wildman–Crippen MR) is 65.5 cm³/mol. The number of hydrogen-bond donors (Lipinski definition) is 2. The van der Waals surface area contributed by atoms with Crippen LogP contribution in [-0.2, 0) is 0 Å². The molecule has 0 unspecified atom stereocenters. The van der Waals surface area contributed by atoms with Crippen LogP contribution in [0.2, 0.25) is 5.02 Å². The van der Waals surface area contributed by atoms with Crippen molar-refractivity contribution in [3.8, 4) is 0 Å². The highest BCUT2D eigenvalue weighted by Gasteiger charge is 2.00. The van der Waals surface area contributed by atoms with Crippen molar-refractivity contribution in [2.24, 2.45) is 5.11 Å². The fraction of sp³-hybridized carbons (Fsp3) is 0.125. The van der Waals surface area contributed by atoms with Crippen molar-refractivity contribution in [2.45, 2.75) is 0 Å². The summed E-state index contributed by atoms with van der Waals surface area (Å²) in [6.45, 7) is -2.37. The highest BCUT2D eigenvalue weighted by atomic mass is 35.5. The van der Waals surface area contributed by atoms with E-state index in [0.29, 0.717) is 5.69 Å². The van der Waals surface area contributed by atoms with Crippen LogP contribution < -0.4 is 10.6 Å². The van der Waals surface area contributed by atoms with E-state index >= 15 is 0 Å². The SMILES string of the molecule is [3H]C([3H])([3H])NC(=S)Nc1ccc(Cl)c(N=[N+]=[N-])c1. The topological polar surface area (TPSA) is 72.8 Å². The maximum atomic E-state index is 8.34. The molecule has 2 N–H and O–H groups in total. The lowest BCUT2D eigenvalue weighted by Crippen LogP contribution is -2.23. The van der Waals surface area contributed by atoms with Crippen LogP contribution in [0.3, 0.4) is 0 Å². The van der Waals surface area contributed by atoms with Gasteiger partial charge in [0.05, 0.1) is 10.7 Å². The normalized spacial score (nSPS) is 12.7. The number of nitrogens with zero attached hydrogens (tertiary/aromatic N) is 3. The van der Waals surface area contributed by atoms with Gasteiger partial charge in [-0.2, -0.15) is 0 Å². The first-order valence-electron chi connectivity index (χ1n) is 5.25. The summed E-state index contributed by atoms with van der Waals surface area (Å²) in [5.74, 6) is 0. The maximum absolute atomic E-state index is 8.34. The molecule has 1 aromatic carbocycles. The van der Waals surface area contributed by atoms with E-state index in [4.69, 9.17) is 33.5 Å². The Bertz CT molecular complexity index is 512. The van der Waals surface area contributed by atoms with Crippen LogP contribution in [0.25, 0.3) is 10.4 Å². The zero-order valence-corrected chi connectivity index (χ0v) is 8.93. The summed E-state index contributed by atoms with van der Waals surface area (Å²) in [5.41, 5.74) is 9.02. The van der Waals surface area contributed by atoms with Crippen molar-refractivity contribution in [1.82, 2.24) is 5.32 Å². The molecule has 0 saturated heterocycles. The van der Waals surface area contributed by atoms with Gasteiger partial charge >= 0.3 is 0 Å². The van der Waals surface area contributed by atoms with Gasteiger partial charge in [0.25, 0.3) is 0 Å². The number of azide groups is 1. The van der Waals surface area contributed by atoms with Gasteiger partial charge < -0.3 is 10.6 Å². The first kappa shape index (κ1) is 7.76. The lowest BCUT2D eigenvalue weighted by Gasteiger charge is -2.07. The molecule has 0 saturated carbocycles. The second-order valence-electron chi connectivity index (χ2n) is 2.43. The summed E-state index contributed by atoms with van der Waals surface area (Å²) in [5, 5.41) is 8.36. The molecule has 0 heterocycles. The second kappa shape index (κ2) is 5.41. The number of thiocarbonyl (C=S) groups is 1. The van der Waals surface area contributed by atoms with E-state index < -0.39 is 6.98 Å². The van der Waals surface area contributed by atoms with E-state index in [1.807, 2.05) is 0 Å². The van der Waals surface area contributed by atoms with Gasteiger partial charge in [-0.15, -0.1) is 0 Å². The van der Waals surface area contributed by atoms with E-state index in [-0.39, 0.29) is 15.8 Å². The smallest absolute Gasteiger partial charge is 0.170 e. The van der Waals surface area contributed by atoms with Gasteiger partial charge in [0.15, 0.2) is 5.11 Å². The first-order valence-corrected chi connectivity index (χ1v) is 4.54. The molecule has 5 nitrogen and oxygen atoms in total. The number of rotatable bonds is 2. The minimum absolute atomic E-state index is 0.0655. The molecular weight excluding hydrogens is 234 g/mol. The van der Waals surface area contributed by atoms with E-state index in [9.17, 15) is 0 Å². The molecule has 0 aliphatic rings. The van der Waals surface area contributed by atoms with Gasteiger partial charge in [-0.1, -0.05) is 16.7 Å². The summed E-state index contributed by atoms with van der Waals surface area (Å²) in [6, 6.07) is 4.54. The van der Waals surface area contributed by atoms with Crippen molar-refractivity contribution < 1.29 is 4.11 Å². The van der Waals surface area contributed by atoms with Gasteiger partial charge in [-0.25, -0.2) is 0 Å². The van der Waals surface area contributed by atoms with E-state index in [1.54, 1.807) is 6.07 Å². The molecule has 0 aliphatic carbocycles. The molecule has 0 aliphatic heterocycles. The molecule has 0 radical (unpaired) electrons. The number of nitrogens with one attached hydrogen (secondary N) is 2. The van der Waals surface area contributed by atoms with Crippen LogP contribution in [0.1, 0.15) is 4.11 Å². The molecule has 0 aromatic heterocycles. The van der Waals surface area contributed by atoms with Crippen LogP contribution in [0, 0.1) is 0 Å². The Morgan fingerprint density at radius 3 is 3.20 bits per heavy atom. The van der Waals surface area contributed by atoms with Gasteiger partial charge in [-0.05, 0) is 35.9 Å². The molecule has 0 bridgehead atoms. The van der Waals surface area contributed by atoms with Crippen molar-refractivity contribution in [3.63, 3.8) is 0 Å². The quantitative estimate of drug-likeness (QED) is 0.365. The van der Waals surface area contributed by atoms with Crippen LogP contribution >= 0.6 is 23.8 Å².